The van der Waals surface area contributed by atoms with Gasteiger partial charge in [0.2, 0.25) is 0 Å². The van der Waals surface area contributed by atoms with Crippen LogP contribution >= 0.6 is 0 Å². The van der Waals surface area contributed by atoms with Crippen LogP contribution in [0.4, 0.5) is 4.39 Å². The molecule has 0 radical (unpaired) electrons. The molecule has 0 saturated carbocycles. The van der Waals surface area contributed by atoms with Crippen molar-refractivity contribution < 1.29 is 14.2 Å². The van der Waals surface area contributed by atoms with E-state index in [1.807, 2.05) is 0 Å². The molecule has 0 amide bonds. The standard InChI is InChI=1S/C10H11FO2/c1-13-10-4-2-8(3-5-10)6-9(11)7-12/h2-6,12H,7H2,1H3/b9-6+. The van der Waals surface area contributed by atoms with E-state index in [9.17, 15) is 4.39 Å². The van der Waals surface area contributed by atoms with Crippen LogP contribution in [0, 0.1) is 0 Å². The Bertz CT molecular complexity index is 290. The van der Waals surface area contributed by atoms with Crippen molar-refractivity contribution in [1.29, 1.82) is 0 Å². The number of halogens is 1. The van der Waals surface area contributed by atoms with E-state index in [0.29, 0.717) is 5.56 Å². The van der Waals surface area contributed by atoms with Gasteiger partial charge in [0, 0.05) is 0 Å². The van der Waals surface area contributed by atoms with E-state index < -0.39 is 12.4 Å². The van der Waals surface area contributed by atoms with E-state index in [1.165, 1.54) is 6.08 Å². The summed E-state index contributed by atoms with van der Waals surface area (Å²) in [5.41, 5.74) is 0.701. The third-order valence-corrected chi connectivity index (χ3v) is 1.59. The fourth-order valence-corrected chi connectivity index (χ4v) is 0.927. The van der Waals surface area contributed by atoms with Gasteiger partial charge in [-0.15, -0.1) is 0 Å². The highest BCUT2D eigenvalue weighted by atomic mass is 19.1. The van der Waals surface area contributed by atoms with Crippen molar-refractivity contribution in [1.82, 2.24) is 0 Å². The lowest BCUT2D eigenvalue weighted by Crippen LogP contribution is -1.84. The van der Waals surface area contributed by atoms with Gasteiger partial charge in [-0.05, 0) is 23.8 Å². The van der Waals surface area contributed by atoms with Gasteiger partial charge < -0.3 is 9.84 Å². The average Bonchev–Trinajstić information content (AvgIpc) is 2.19. The molecule has 0 unspecified atom stereocenters. The molecule has 0 atom stereocenters. The first-order chi connectivity index (χ1) is 6.26. The van der Waals surface area contributed by atoms with Crippen LogP contribution in [0.5, 0.6) is 5.75 Å². The van der Waals surface area contributed by atoms with E-state index in [2.05, 4.69) is 0 Å². The fraction of sp³-hybridized carbons (Fsp3) is 0.200. The van der Waals surface area contributed by atoms with Crippen LogP contribution in [0.15, 0.2) is 30.1 Å². The molecule has 0 aliphatic rings. The van der Waals surface area contributed by atoms with Crippen molar-refractivity contribution in [3.05, 3.63) is 35.7 Å². The lowest BCUT2D eigenvalue weighted by atomic mass is 10.2. The highest BCUT2D eigenvalue weighted by Gasteiger charge is 1.94. The molecular formula is C10H11FO2. The summed E-state index contributed by atoms with van der Waals surface area (Å²) in [6.45, 7) is -0.563. The number of aliphatic hydroxyl groups is 1. The van der Waals surface area contributed by atoms with Crippen LogP contribution in [-0.2, 0) is 0 Å². The molecule has 0 aliphatic carbocycles. The third-order valence-electron chi connectivity index (χ3n) is 1.59. The maximum Gasteiger partial charge on any atom is 0.126 e. The molecule has 0 bridgehead atoms. The number of methoxy groups -OCH3 is 1. The first-order valence-electron chi connectivity index (χ1n) is 3.87. The lowest BCUT2D eigenvalue weighted by Gasteiger charge is -1.99. The summed E-state index contributed by atoms with van der Waals surface area (Å²) < 4.78 is 17.5. The highest BCUT2D eigenvalue weighted by Crippen LogP contribution is 2.13. The van der Waals surface area contributed by atoms with Gasteiger partial charge in [0.1, 0.15) is 11.6 Å². The van der Waals surface area contributed by atoms with Crippen molar-refractivity contribution in [2.24, 2.45) is 0 Å². The molecule has 0 spiro atoms. The Morgan fingerprint density at radius 2 is 2.08 bits per heavy atom. The minimum absolute atomic E-state index is 0.551. The Morgan fingerprint density at radius 3 is 2.54 bits per heavy atom. The van der Waals surface area contributed by atoms with E-state index in [1.54, 1.807) is 31.4 Å². The molecule has 0 fully saturated rings. The minimum Gasteiger partial charge on any atom is -0.497 e. The largest absolute Gasteiger partial charge is 0.497 e. The van der Waals surface area contributed by atoms with Crippen LogP contribution in [0.2, 0.25) is 0 Å². The second kappa shape index (κ2) is 4.62. The van der Waals surface area contributed by atoms with Gasteiger partial charge in [-0.2, -0.15) is 0 Å². The van der Waals surface area contributed by atoms with Crippen LogP contribution in [0.25, 0.3) is 6.08 Å². The summed E-state index contributed by atoms with van der Waals surface area (Å²) in [5, 5.41) is 8.43. The van der Waals surface area contributed by atoms with Crippen molar-refractivity contribution in [2.45, 2.75) is 0 Å². The van der Waals surface area contributed by atoms with Crippen LogP contribution < -0.4 is 4.74 Å². The van der Waals surface area contributed by atoms with Crippen molar-refractivity contribution in [2.75, 3.05) is 13.7 Å². The minimum atomic E-state index is -0.563. The van der Waals surface area contributed by atoms with E-state index in [-0.39, 0.29) is 0 Å². The van der Waals surface area contributed by atoms with Crippen LogP contribution in [-0.4, -0.2) is 18.8 Å². The molecule has 1 rings (SSSR count). The summed E-state index contributed by atoms with van der Waals surface area (Å²) >= 11 is 0. The number of aliphatic hydroxyl groups excluding tert-OH is 1. The normalized spacial score (nSPS) is 11.5. The maximum absolute atomic E-state index is 12.6. The zero-order valence-electron chi connectivity index (χ0n) is 7.33. The van der Waals surface area contributed by atoms with Crippen molar-refractivity contribution in [3.8, 4) is 5.75 Å². The Balaban J connectivity index is 2.80. The Hall–Kier alpha value is -1.35. The molecule has 0 aromatic heterocycles. The summed E-state index contributed by atoms with van der Waals surface area (Å²) in [7, 11) is 1.57. The Kier molecular flexibility index (Phi) is 3.46. The molecule has 0 aliphatic heterocycles. The second-order valence-electron chi connectivity index (χ2n) is 2.52. The lowest BCUT2D eigenvalue weighted by molar-refractivity contribution is 0.300. The summed E-state index contributed by atoms with van der Waals surface area (Å²) in [6.07, 6.45) is 1.28. The molecule has 1 aromatic rings. The number of hydrogen-bond donors (Lipinski definition) is 1. The number of hydrogen-bond acceptors (Lipinski definition) is 2. The molecule has 0 saturated heterocycles. The summed E-state index contributed by atoms with van der Waals surface area (Å²) in [5.74, 6) is 0.173. The second-order valence-corrected chi connectivity index (χ2v) is 2.52. The molecule has 3 heteroatoms. The Morgan fingerprint density at radius 1 is 1.46 bits per heavy atom. The molecule has 1 N–H and O–H groups in total. The average molecular weight is 182 g/mol. The zero-order valence-corrected chi connectivity index (χ0v) is 7.33. The molecule has 13 heavy (non-hydrogen) atoms. The van der Waals surface area contributed by atoms with Gasteiger partial charge in [0.05, 0.1) is 13.7 Å². The predicted molar refractivity (Wildman–Crippen MR) is 49.2 cm³/mol. The summed E-state index contributed by atoms with van der Waals surface area (Å²) in [6, 6.07) is 6.90. The van der Waals surface area contributed by atoms with Crippen LogP contribution in [0.3, 0.4) is 0 Å². The number of rotatable bonds is 3. The monoisotopic (exact) mass is 182 g/mol. The van der Waals surface area contributed by atoms with Crippen molar-refractivity contribution in [3.63, 3.8) is 0 Å². The fourth-order valence-electron chi connectivity index (χ4n) is 0.927. The summed E-state index contributed by atoms with van der Waals surface area (Å²) in [4.78, 5) is 0. The van der Waals surface area contributed by atoms with Gasteiger partial charge in [-0.1, -0.05) is 12.1 Å². The van der Waals surface area contributed by atoms with Crippen LogP contribution in [0.1, 0.15) is 5.56 Å². The predicted octanol–water partition coefficient (Wildman–Crippen LogP) is 2.00. The van der Waals surface area contributed by atoms with E-state index in [4.69, 9.17) is 9.84 Å². The van der Waals surface area contributed by atoms with E-state index >= 15 is 0 Å². The van der Waals surface area contributed by atoms with Gasteiger partial charge in [-0.25, -0.2) is 4.39 Å². The third kappa shape index (κ3) is 2.87. The first kappa shape index (κ1) is 9.74. The van der Waals surface area contributed by atoms with Gasteiger partial charge >= 0.3 is 0 Å². The smallest absolute Gasteiger partial charge is 0.126 e. The molecule has 0 heterocycles. The van der Waals surface area contributed by atoms with E-state index in [0.717, 1.165) is 5.75 Å². The van der Waals surface area contributed by atoms with Crippen molar-refractivity contribution >= 4 is 6.08 Å². The number of benzene rings is 1. The zero-order chi connectivity index (χ0) is 9.68. The molecule has 2 nitrogen and oxygen atoms in total. The quantitative estimate of drug-likeness (QED) is 0.774. The topological polar surface area (TPSA) is 29.5 Å². The molecular weight excluding hydrogens is 171 g/mol. The SMILES string of the molecule is COc1ccc(/C=C(/F)CO)cc1. The maximum atomic E-state index is 12.6. The number of ether oxygens (including phenoxy) is 1. The Labute approximate surface area is 76.3 Å². The first-order valence-corrected chi connectivity index (χ1v) is 3.87. The van der Waals surface area contributed by atoms with Gasteiger partial charge in [0.25, 0.3) is 0 Å². The molecule has 1 aromatic carbocycles. The molecule has 70 valence electrons. The van der Waals surface area contributed by atoms with Gasteiger partial charge in [0.15, 0.2) is 0 Å². The highest BCUT2D eigenvalue weighted by molar-refractivity contribution is 5.52. The van der Waals surface area contributed by atoms with Gasteiger partial charge in [-0.3, -0.25) is 0 Å².